The number of likely N-dealkylation sites (tertiary alicyclic amines) is 2. The number of benzene rings is 3. The second kappa shape index (κ2) is 12.5. The van der Waals surface area contributed by atoms with Crippen LogP contribution in [0.5, 0.6) is 11.5 Å². The first-order valence-corrected chi connectivity index (χ1v) is 18.0. The third kappa shape index (κ3) is 5.04. The Bertz CT molecular complexity index is 1970. The van der Waals surface area contributed by atoms with E-state index in [9.17, 15) is 28.7 Å². The molecule has 3 aromatic rings. The van der Waals surface area contributed by atoms with E-state index in [4.69, 9.17) is 27.9 Å². The number of piperidine rings is 1. The summed E-state index contributed by atoms with van der Waals surface area (Å²) in [6.45, 7) is 2.25. The summed E-state index contributed by atoms with van der Waals surface area (Å²) in [6.07, 6.45) is 3.16. The molecule has 3 heterocycles. The van der Waals surface area contributed by atoms with Crippen LogP contribution in [0.25, 0.3) is 0 Å². The molecule has 1 N–H and O–H groups in total. The quantitative estimate of drug-likeness (QED) is 0.195. The summed E-state index contributed by atoms with van der Waals surface area (Å²) in [5.74, 6) is -6.00. The molecule has 0 bridgehead atoms. The van der Waals surface area contributed by atoms with Crippen molar-refractivity contribution in [2.45, 2.75) is 53.9 Å². The van der Waals surface area contributed by atoms with Crippen LogP contribution in [-0.2, 0) is 25.7 Å². The standard InChI is InChI=1S/C39H36Cl2FN3O6/c1-51-26-11-12-28(31(46)19-26)33-27-13-14-29-32(35(48)44(34(29)47)25-15-17-43(18-16-25)21-22-5-3-2-4-6-22)30(27)20-38(40)36(49)45(37(50)39(33,38)41)24-9-7-23(42)8-10-24/h2-13,19,25,29-30,32-33,46H,14-18,20-21H2,1H3. The molecule has 9 nitrogen and oxygen atoms in total. The van der Waals surface area contributed by atoms with Gasteiger partial charge in [-0.15, -0.1) is 23.2 Å². The molecule has 5 aliphatic rings. The van der Waals surface area contributed by atoms with Gasteiger partial charge in [0.1, 0.15) is 17.3 Å². The van der Waals surface area contributed by atoms with Gasteiger partial charge in [-0.05, 0) is 67.5 Å². The number of carbonyl (C=O) groups is 4. The van der Waals surface area contributed by atoms with Gasteiger partial charge in [0.05, 0.1) is 24.6 Å². The molecular weight excluding hydrogens is 696 g/mol. The first-order chi connectivity index (χ1) is 24.5. The van der Waals surface area contributed by atoms with E-state index in [0.717, 1.165) is 36.7 Å². The Morgan fingerprint density at radius 2 is 1.61 bits per heavy atom. The van der Waals surface area contributed by atoms with Crippen LogP contribution in [0.2, 0.25) is 0 Å². The van der Waals surface area contributed by atoms with E-state index in [-0.39, 0.29) is 47.7 Å². The third-order valence-corrected chi connectivity index (χ3v) is 13.1. The highest BCUT2D eigenvalue weighted by atomic mass is 35.5. The molecule has 264 valence electrons. The SMILES string of the molecule is COc1ccc(C2C3=CCC4C(=O)N(C5CCN(Cc6ccccc6)CC5)C(=O)C4C3CC3(Cl)C(=O)N(c4ccc(F)cc4)C(=O)C23Cl)c(O)c1. The van der Waals surface area contributed by atoms with E-state index in [1.807, 2.05) is 24.3 Å². The van der Waals surface area contributed by atoms with Gasteiger partial charge < -0.3 is 9.84 Å². The molecule has 1 saturated carbocycles. The van der Waals surface area contributed by atoms with Crippen LogP contribution in [0.15, 0.2) is 84.4 Å². The van der Waals surface area contributed by atoms with Gasteiger partial charge in [0.15, 0.2) is 9.75 Å². The predicted octanol–water partition coefficient (Wildman–Crippen LogP) is 5.77. The molecule has 51 heavy (non-hydrogen) atoms. The van der Waals surface area contributed by atoms with Crippen LogP contribution < -0.4 is 9.64 Å². The van der Waals surface area contributed by atoms with Gasteiger partial charge >= 0.3 is 0 Å². The normalized spacial score (nSPS) is 31.0. The molecule has 3 aromatic carbocycles. The number of rotatable bonds is 6. The van der Waals surface area contributed by atoms with E-state index in [2.05, 4.69) is 17.0 Å². The first kappa shape index (κ1) is 33.9. The van der Waals surface area contributed by atoms with Crippen LogP contribution in [0.3, 0.4) is 0 Å². The zero-order valence-electron chi connectivity index (χ0n) is 27.8. The highest BCUT2D eigenvalue weighted by Gasteiger charge is 2.77. The van der Waals surface area contributed by atoms with Crippen LogP contribution in [0, 0.1) is 23.6 Å². The van der Waals surface area contributed by atoms with Crippen LogP contribution in [0.1, 0.15) is 42.7 Å². The molecule has 0 spiro atoms. The number of anilines is 1. The minimum Gasteiger partial charge on any atom is -0.508 e. The molecule has 0 aromatic heterocycles. The average Bonchev–Trinajstić information content (AvgIpc) is 3.47. The van der Waals surface area contributed by atoms with Crippen molar-refractivity contribution in [3.63, 3.8) is 0 Å². The number of nitrogens with zero attached hydrogens (tertiary/aromatic N) is 3. The summed E-state index contributed by atoms with van der Waals surface area (Å²) < 4.78 is 19.2. The van der Waals surface area contributed by atoms with Crippen molar-refractivity contribution in [3.05, 3.63) is 101 Å². The number of alkyl halides is 2. The predicted molar refractivity (Wildman–Crippen MR) is 188 cm³/mol. The monoisotopic (exact) mass is 731 g/mol. The van der Waals surface area contributed by atoms with Gasteiger partial charge in [0.2, 0.25) is 11.8 Å². The molecule has 4 amide bonds. The van der Waals surface area contributed by atoms with Gasteiger partial charge in [-0.1, -0.05) is 48.0 Å². The summed E-state index contributed by atoms with van der Waals surface area (Å²) >= 11 is 14.8. The number of hydrogen-bond acceptors (Lipinski definition) is 7. The number of phenolic OH excluding ortho intramolecular Hbond substituents is 1. The molecule has 6 unspecified atom stereocenters. The van der Waals surface area contributed by atoms with Gasteiger partial charge in [0.25, 0.3) is 11.8 Å². The first-order valence-electron chi connectivity index (χ1n) is 17.2. The lowest BCUT2D eigenvalue weighted by Crippen LogP contribution is -2.60. The zero-order chi connectivity index (χ0) is 35.8. The number of phenols is 1. The number of allylic oxidation sites excluding steroid dienone is 2. The van der Waals surface area contributed by atoms with E-state index in [0.29, 0.717) is 24.2 Å². The minimum atomic E-state index is -2.14. The number of carbonyl (C=O) groups excluding carboxylic acids is 4. The Kier molecular flexibility index (Phi) is 8.27. The smallest absolute Gasteiger partial charge is 0.258 e. The van der Waals surface area contributed by atoms with Gasteiger partial charge in [-0.25, -0.2) is 9.29 Å². The van der Waals surface area contributed by atoms with E-state index in [1.165, 1.54) is 35.8 Å². The second-order valence-electron chi connectivity index (χ2n) is 14.2. The molecule has 12 heteroatoms. The fraction of sp³-hybridized carbons (Fsp3) is 0.385. The number of methoxy groups -OCH3 is 1. The van der Waals surface area contributed by atoms with Crippen LogP contribution in [0.4, 0.5) is 10.1 Å². The molecule has 0 radical (unpaired) electrons. The number of amides is 4. The number of hydrogen-bond donors (Lipinski definition) is 1. The summed E-state index contributed by atoms with van der Waals surface area (Å²) in [5.41, 5.74) is 2.09. The summed E-state index contributed by atoms with van der Waals surface area (Å²) in [7, 11) is 1.45. The van der Waals surface area contributed by atoms with Crippen LogP contribution >= 0.6 is 23.2 Å². The minimum absolute atomic E-state index is 0.0882. The van der Waals surface area contributed by atoms with Gasteiger partial charge in [0, 0.05) is 43.2 Å². The average molecular weight is 733 g/mol. The number of ether oxygens (including phenoxy) is 1. The van der Waals surface area contributed by atoms with E-state index < -0.39 is 51.1 Å². The van der Waals surface area contributed by atoms with Crippen molar-refractivity contribution in [1.29, 1.82) is 0 Å². The molecule has 3 aliphatic heterocycles. The highest BCUT2D eigenvalue weighted by Crippen LogP contribution is 2.66. The maximum absolute atomic E-state index is 14.5. The zero-order valence-corrected chi connectivity index (χ0v) is 29.3. The Morgan fingerprint density at radius 1 is 0.902 bits per heavy atom. The summed E-state index contributed by atoms with van der Waals surface area (Å²) in [5, 5.41) is 11.4. The van der Waals surface area contributed by atoms with Gasteiger partial charge in [-0.2, -0.15) is 0 Å². The Labute approximate surface area is 304 Å². The lowest BCUT2D eigenvalue weighted by Gasteiger charge is -2.50. The molecular formula is C39H36Cl2FN3O6. The van der Waals surface area contributed by atoms with Crippen molar-refractivity contribution in [1.82, 2.24) is 9.80 Å². The second-order valence-corrected chi connectivity index (χ2v) is 15.5. The number of fused-ring (bicyclic) bond motifs is 4. The van der Waals surface area contributed by atoms with Crippen molar-refractivity contribution in [3.8, 4) is 11.5 Å². The van der Waals surface area contributed by atoms with Crippen molar-refractivity contribution < 1.29 is 33.4 Å². The molecule has 4 fully saturated rings. The summed E-state index contributed by atoms with van der Waals surface area (Å²) in [6, 6.07) is 19.3. The van der Waals surface area contributed by atoms with Crippen molar-refractivity contribution in [2.75, 3.05) is 25.1 Å². The Morgan fingerprint density at radius 3 is 2.27 bits per heavy atom. The number of halogens is 3. The van der Waals surface area contributed by atoms with Crippen molar-refractivity contribution >= 4 is 52.5 Å². The van der Waals surface area contributed by atoms with Gasteiger partial charge in [-0.3, -0.25) is 29.0 Å². The van der Waals surface area contributed by atoms with Crippen LogP contribution in [-0.4, -0.2) is 74.5 Å². The van der Waals surface area contributed by atoms with Crippen molar-refractivity contribution in [2.24, 2.45) is 17.8 Å². The third-order valence-electron chi connectivity index (χ3n) is 11.6. The lowest BCUT2D eigenvalue weighted by molar-refractivity contribution is -0.144. The Hall–Kier alpha value is -4.25. The maximum atomic E-state index is 14.5. The van der Waals surface area contributed by atoms with E-state index >= 15 is 0 Å². The fourth-order valence-corrected chi connectivity index (χ4v) is 10.1. The van der Waals surface area contributed by atoms with E-state index in [1.54, 1.807) is 12.1 Å². The molecule has 6 atom stereocenters. The lowest BCUT2D eigenvalue weighted by atomic mass is 9.56. The fourth-order valence-electron chi connectivity index (χ4n) is 9.20. The summed E-state index contributed by atoms with van der Waals surface area (Å²) in [4.78, 5) is 58.0. The molecule has 8 rings (SSSR count). The topological polar surface area (TPSA) is 107 Å². The number of aromatic hydroxyl groups is 1. The molecule has 2 aliphatic carbocycles. The molecule has 3 saturated heterocycles. The largest absolute Gasteiger partial charge is 0.508 e. The highest BCUT2D eigenvalue weighted by molar-refractivity contribution is 6.58. The number of imide groups is 2. The Balaban J connectivity index is 1.16. The maximum Gasteiger partial charge on any atom is 0.258 e.